The fraction of sp³-hybridized carbons (Fsp3) is 1.00. The minimum atomic E-state index is -4.43. The second-order valence-corrected chi connectivity index (χ2v) is 5.65. The fourth-order valence-electron chi connectivity index (χ4n) is 1.98. The molecule has 0 aliphatic heterocycles. The third-order valence-corrected chi connectivity index (χ3v) is 3.31. The van der Waals surface area contributed by atoms with Crippen LogP contribution in [0.15, 0.2) is 0 Å². The first kappa shape index (κ1) is 17.1. The van der Waals surface area contributed by atoms with Crippen molar-refractivity contribution in [3.8, 4) is 0 Å². The van der Waals surface area contributed by atoms with Gasteiger partial charge in [0.1, 0.15) is 19.6 Å². The van der Waals surface area contributed by atoms with Gasteiger partial charge in [-0.3, -0.25) is 9.79 Å². The van der Waals surface area contributed by atoms with E-state index in [2.05, 4.69) is 13.8 Å². The van der Waals surface area contributed by atoms with Crippen LogP contribution in [0.3, 0.4) is 0 Å². The van der Waals surface area contributed by atoms with Crippen molar-refractivity contribution in [3.05, 3.63) is 0 Å². The van der Waals surface area contributed by atoms with Crippen LogP contribution in [0, 0.1) is 0 Å². The van der Waals surface area contributed by atoms with Crippen molar-refractivity contribution in [3.63, 3.8) is 0 Å². The predicted molar refractivity (Wildman–Crippen MR) is 68.1 cm³/mol. The van der Waals surface area contributed by atoms with Crippen molar-refractivity contribution in [2.75, 3.05) is 19.6 Å². The molecule has 0 atom stereocenters. The first-order valence-electron chi connectivity index (χ1n) is 6.52. The maximum atomic E-state index is 11.1. The molecule has 0 saturated heterocycles. The minimum Gasteiger partial charge on any atom is -0.300 e. The van der Waals surface area contributed by atoms with E-state index in [1.807, 2.05) is 6.92 Å². The summed E-state index contributed by atoms with van der Waals surface area (Å²) in [5, 5.41) is 0. The second-order valence-electron chi connectivity index (χ2n) is 4.51. The number of unbranched alkanes of at least 4 members (excludes halogenated alkanes) is 2. The van der Waals surface area contributed by atoms with Gasteiger partial charge in [0.05, 0.1) is 0 Å². The molecule has 0 unspecified atom stereocenters. The number of hydrogen-bond donors (Lipinski definition) is 2. The highest BCUT2D eigenvalue weighted by atomic mass is 31.2. The summed E-state index contributed by atoms with van der Waals surface area (Å²) in [7, 11) is -4.43. The monoisotopic (exact) mass is 268 g/mol. The van der Waals surface area contributed by atoms with Crippen LogP contribution in [0.5, 0.6) is 0 Å². The van der Waals surface area contributed by atoms with Gasteiger partial charge in [0.2, 0.25) is 0 Å². The van der Waals surface area contributed by atoms with E-state index >= 15 is 0 Å². The normalized spacial score (nSPS) is 13.0. The Morgan fingerprint density at radius 2 is 1.41 bits per heavy atom. The van der Waals surface area contributed by atoms with E-state index in [9.17, 15) is 4.57 Å². The minimum absolute atomic E-state index is 0.0997. The summed E-state index contributed by atoms with van der Waals surface area (Å²) < 4.78 is 16.3. The van der Waals surface area contributed by atoms with Crippen molar-refractivity contribution >= 4 is 7.82 Å². The highest BCUT2D eigenvalue weighted by Crippen LogP contribution is 2.41. The van der Waals surface area contributed by atoms with Crippen LogP contribution < -0.4 is 0 Å². The lowest BCUT2D eigenvalue weighted by Crippen LogP contribution is -2.49. The first-order valence-corrected chi connectivity index (χ1v) is 8.05. The number of rotatable bonds is 10. The average molecular weight is 268 g/mol. The summed E-state index contributed by atoms with van der Waals surface area (Å²) in [6.07, 6.45) is 4.70. The Bertz CT molecular complexity index is 234. The summed E-state index contributed by atoms with van der Waals surface area (Å²) in [6, 6.07) is 0. The molecule has 5 nitrogen and oxygen atoms in total. The van der Waals surface area contributed by atoms with E-state index in [0.29, 0.717) is 19.6 Å². The Morgan fingerprint density at radius 1 is 0.941 bits per heavy atom. The molecule has 17 heavy (non-hydrogen) atoms. The first-order chi connectivity index (χ1) is 7.89. The number of quaternary nitrogens is 1. The van der Waals surface area contributed by atoms with E-state index in [0.717, 1.165) is 32.1 Å². The lowest BCUT2D eigenvalue weighted by molar-refractivity contribution is -1.08. The predicted octanol–water partition coefficient (Wildman–Crippen LogP) is 2.84. The summed E-state index contributed by atoms with van der Waals surface area (Å²) >= 11 is 0. The molecule has 0 heterocycles. The van der Waals surface area contributed by atoms with Gasteiger partial charge in [-0.2, -0.15) is 4.65 Å². The van der Waals surface area contributed by atoms with Crippen LogP contribution in [0.1, 0.15) is 52.9 Å². The van der Waals surface area contributed by atoms with Crippen molar-refractivity contribution in [2.24, 2.45) is 0 Å². The highest BCUT2D eigenvalue weighted by molar-refractivity contribution is 7.46. The molecule has 6 heteroatoms. The van der Waals surface area contributed by atoms with Crippen LogP contribution in [-0.4, -0.2) is 34.1 Å². The van der Waals surface area contributed by atoms with Crippen LogP contribution >= 0.6 is 7.82 Å². The molecule has 0 aromatic heterocycles. The van der Waals surface area contributed by atoms with E-state index < -0.39 is 7.82 Å². The Hall–Kier alpha value is 0.0700. The second kappa shape index (κ2) is 8.22. The van der Waals surface area contributed by atoms with Gasteiger partial charge in [0.25, 0.3) is 0 Å². The molecule has 0 fully saturated rings. The van der Waals surface area contributed by atoms with E-state index in [4.69, 9.17) is 14.4 Å². The zero-order valence-electron chi connectivity index (χ0n) is 11.3. The zero-order valence-corrected chi connectivity index (χ0v) is 12.2. The molecule has 0 spiro atoms. The molecule has 2 N–H and O–H groups in total. The topological polar surface area (TPSA) is 66.8 Å². The molecule has 0 aliphatic rings. The van der Waals surface area contributed by atoms with Crippen molar-refractivity contribution in [2.45, 2.75) is 52.9 Å². The zero-order chi connectivity index (χ0) is 13.4. The smallest absolute Gasteiger partial charge is 0.300 e. The van der Waals surface area contributed by atoms with Gasteiger partial charge in [-0.15, -0.1) is 0 Å². The molecular weight excluding hydrogens is 241 g/mol. The van der Waals surface area contributed by atoms with E-state index in [1.165, 1.54) is 0 Å². The summed E-state index contributed by atoms with van der Waals surface area (Å²) in [5.74, 6) is 0. The number of hydroxylamine groups is 3. The van der Waals surface area contributed by atoms with Crippen LogP contribution in [0.4, 0.5) is 0 Å². The summed E-state index contributed by atoms with van der Waals surface area (Å²) in [6.45, 7) is 8.15. The molecule has 0 rings (SSSR count). The van der Waals surface area contributed by atoms with Gasteiger partial charge in [0, 0.05) is 0 Å². The van der Waals surface area contributed by atoms with Gasteiger partial charge in [-0.25, -0.2) is 4.57 Å². The maximum Gasteiger partial charge on any atom is 0.515 e. The molecular formula is C11H27NO4P+. The van der Waals surface area contributed by atoms with Crippen LogP contribution in [0.2, 0.25) is 0 Å². The van der Waals surface area contributed by atoms with Crippen molar-refractivity contribution < 1.29 is 23.6 Å². The SMILES string of the molecule is CCCC[N+](CCC)(CCCC)OP(=O)(O)O. The van der Waals surface area contributed by atoms with Gasteiger partial charge < -0.3 is 0 Å². The largest absolute Gasteiger partial charge is 0.515 e. The highest BCUT2D eigenvalue weighted by Gasteiger charge is 2.36. The molecule has 0 bridgehead atoms. The van der Waals surface area contributed by atoms with Crippen molar-refractivity contribution in [1.29, 1.82) is 0 Å². The van der Waals surface area contributed by atoms with Gasteiger partial charge in [-0.05, 0) is 19.3 Å². The Labute approximate surface area is 105 Å². The molecule has 0 aromatic rings. The number of phosphoric acid groups is 1. The molecule has 0 amide bonds. The molecule has 0 radical (unpaired) electrons. The Kier molecular flexibility index (Phi) is 8.25. The number of hydrogen-bond acceptors (Lipinski definition) is 2. The molecule has 0 saturated carbocycles. The third kappa shape index (κ3) is 7.90. The maximum absolute atomic E-state index is 11.1. The quantitative estimate of drug-likeness (QED) is 0.363. The van der Waals surface area contributed by atoms with E-state index in [-0.39, 0.29) is 4.65 Å². The summed E-state index contributed by atoms with van der Waals surface area (Å²) in [5.41, 5.74) is 0. The van der Waals surface area contributed by atoms with Gasteiger partial charge in [-0.1, -0.05) is 38.2 Å². The molecule has 0 aliphatic carbocycles. The van der Waals surface area contributed by atoms with Gasteiger partial charge >= 0.3 is 7.82 Å². The third-order valence-electron chi connectivity index (χ3n) is 2.75. The Morgan fingerprint density at radius 3 is 1.71 bits per heavy atom. The lowest BCUT2D eigenvalue weighted by Gasteiger charge is -2.34. The number of nitrogens with zero attached hydrogens (tertiary/aromatic N) is 1. The van der Waals surface area contributed by atoms with Crippen LogP contribution in [0.25, 0.3) is 0 Å². The fourth-order valence-corrected chi connectivity index (χ4v) is 2.68. The standard InChI is InChI=1S/C11H26NO4P/c1-4-7-10-12(9-6-3,11-8-5-2)16-17(13,14)15/h4-11H2,1-3H3,(H-,13,14,15)/p+1. The molecule has 104 valence electrons. The Balaban J connectivity index is 4.73. The van der Waals surface area contributed by atoms with E-state index in [1.54, 1.807) is 0 Å². The summed E-state index contributed by atoms with van der Waals surface area (Å²) in [4.78, 5) is 18.1. The van der Waals surface area contributed by atoms with Crippen LogP contribution in [-0.2, 0) is 9.19 Å². The molecule has 0 aromatic carbocycles. The average Bonchev–Trinajstić information content (AvgIpc) is 2.22. The lowest BCUT2D eigenvalue weighted by atomic mass is 10.2. The van der Waals surface area contributed by atoms with Gasteiger partial charge in [0.15, 0.2) is 0 Å². The van der Waals surface area contributed by atoms with Crippen molar-refractivity contribution in [1.82, 2.24) is 0 Å².